The van der Waals surface area contributed by atoms with Crippen LogP contribution in [0.15, 0.2) is 0 Å². The molecule has 0 spiro atoms. The lowest BCUT2D eigenvalue weighted by Crippen LogP contribution is -2.29. The van der Waals surface area contributed by atoms with Crippen molar-refractivity contribution in [2.45, 2.75) is 40.0 Å². The Bertz CT molecular complexity index is 167. The lowest BCUT2D eigenvalue weighted by molar-refractivity contribution is -0.140. The van der Waals surface area contributed by atoms with Crippen molar-refractivity contribution in [2.24, 2.45) is 5.41 Å². The molecule has 0 rings (SSSR count). The molecule has 0 aromatic heterocycles. The highest BCUT2D eigenvalue weighted by atomic mass is 16.5. The first-order valence-electron chi connectivity index (χ1n) is 5.29. The fourth-order valence-corrected chi connectivity index (χ4v) is 1.01. The highest BCUT2D eigenvalue weighted by Crippen LogP contribution is 2.17. The second-order valence-electron chi connectivity index (χ2n) is 4.37. The average Bonchev–Trinajstić information content (AvgIpc) is 2.17. The lowest BCUT2D eigenvalue weighted by Gasteiger charge is -2.22. The topological polar surface area (TPSA) is 38.3 Å². The molecule has 0 aromatic rings. The first-order valence-corrected chi connectivity index (χ1v) is 5.29. The highest BCUT2D eigenvalue weighted by Gasteiger charge is 2.13. The zero-order valence-electron chi connectivity index (χ0n) is 9.85. The fraction of sp³-hybridized carbons (Fsp3) is 0.909. The van der Waals surface area contributed by atoms with Crippen molar-refractivity contribution in [1.82, 2.24) is 5.32 Å². The van der Waals surface area contributed by atoms with E-state index in [1.54, 1.807) is 0 Å². The van der Waals surface area contributed by atoms with Crippen molar-refractivity contribution in [3.63, 3.8) is 0 Å². The molecule has 1 N–H and O–H groups in total. The van der Waals surface area contributed by atoms with Crippen molar-refractivity contribution >= 4 is 5.97 Å². The molecule has 0 aliphatic heterocycles. The Morgan fingerprint density at radius 3 is 2.57 bits per heavy atom. The van der Waals surface area contributed by atoms with E-state index in [9.17, 15) is 4.79 Å². The van der Waals surface area contributed by atoms with E-state index in [1.807, 2.05) is 0 Å². The summed E-state index contributed by atoms with van der Waals surface area (Å²) in [5, 5.41) is 3.35. The summed E-state index contributed by atoms with van der Waals surface area (Å²) < 4.78 is 4.55. The second-order valence-corrected chi connectivity index (χ2v) is 4.37. The zero-order chi connectivity index (χ0) is 11.0. The van der Waals surface area contributed by atoms with Crippen LogP contribution >= 0.6 is 0 Å². The largest absolute Gasteiger partial charge is 0.469 e. The highest BCUT2D eigenvalue weighted by molar-refractivity contribution is 5.68. The molecule has 14 heavy (non-hydrogen) atoms. The van der Waals surface area contributed by atoms with Crippen LogP contribution in [0, 0.1) is 5.41 Å². The summed E-state index contributed by atoms with van der Waals surface area (Å²) in [4.78, 5) is 10.8. The molecule has 3 nitrogen and oxygen atoms in total. The van der Waals surface area contributed by atoms with Crippen LogP contribution < -0.4 is 5.32 Å². The molecule has 0 amide bonds. The van der Waals surface area contributed by atoms with Gasteiger partial charge in [-0.1, -0.05) is 20.8 Å². The molecule has 0 unspecified atom stereocenters. The van der Waals surface area contributed by atoms with Gasteiger partial charge in [0.25, 0.3) is 0 Å². The van der Waals surface area contributed by atoms with Crippen molar-refractivity contribution < 1.29 is 9.53 Å². The number of hydrogen-bond donors (Lipinski definition) is 1. The van der Waals surface area contributed by atoms with Gasteiger partial charge in [-0.25, -0.2) is 0 Å². The van der Waals surface area contributed by atoms with E-state index in [4.69, 9.17) is 0 Å². The first kappa shape index (κ1) is 13.4. The van der Waals surface area contributed by atoms with E-state index in [2.05, 4.69) is 30.8 Å². The number of rotatable bonds is 7. The van der Waals surface area contributed by atoms with Gasteiger partial charge in [0.2, 0.25) is 0 Å². The minimum atomic E-state index is -0.124. The van der Waals surface area contributed by atoms with Crippen LogP contribution in [0.25, 0.3) is 0 Å². The van der Waals surface area contributed by atoms with Crippen molar-refractivity contribution in [1.29, 1.82) is 0 Å². The molecule has 0 heterocycles. The standard InChI is InChI=1S/C11H23NO2/c1-5-11(2,3)9-12-8-6-7-10(13)14-4/h12H,5-9H2,1-4H3. The lowest BCUT2D eigenvalue weighted by atomic mass is 9.90. The summed E-state index contributed by atoms with van der Waals surface area (Å²) in [6.07, 6.45) is 2.53. The maximum absolute atomic E-state index is 10.8. The summed E-state index contributed by atoms with van der Waals surface area (Å²) in [5.41, 5.74) is 0.352. The molecule has 84 valence electrons. The first-order chi connectivity index (χ1) is 6.52. The molecular formula is C11H23NO2. The summed E-state index contributed by atoms with van der Waals surface area (Å²) in [5.74, 6) is -0.124. The molecular weight excluding hydrogens is 178 g/mol. The molecule has 0 radical (unpaired) electrons. The number of carbonyl (C=O) groups excluding carboxylic acids is 1. The molecule has 0 aliphatic rings. The van der Waals surface area contributed by atoms with Gasteiger partial charge in [0.1, 0.15) is 0 Å². The quantitative estimate of drug-likeness (QED) is 0.505. The summed E-state index contributed by atoms with van der Waals surface area (Å²) in [6.45, 7) is 8.56. The Labute approximate surface area is 87.2 Å². The normalized spacial score (nSPS) is 11.4. The van der Waals surface area contributed by atoms with E-state index < -0.39 is 0 Å². The number of esters is 1. The predicted molar refractivity (Wildman–Crippen MR) is 58.2 cm³/mol. The van der Waals surface area contributed by atoms with Crippen LogP contribution in [0.4, 0.5) is 0 Å². The monoisotopic (exact) mass is 201 g/mol. The Hall–Kier alpha value is -0.570. The molecule has 0 saturated heterocycles. The van der Waals surface area contributed by atoms with Crippen molar-refractivity contribution in [3.8, 4) is 0 Å². The molecule has 0 saturated carbocycles. The minimum absolute atomic E-state index is 0.124. The molecule has 0 atom stereocenters. The SMILES string of the molecule is CCC(C)(C)CNCCCC(=O)OC. The molecule has 0 bridgehead atoms. The van der Waals surface area contributed by atoms with E-state index in [0.29, 0.717) is 11.8 Å². The third kappa shape index (κ3) is 6.89. The molecule has 0 fully saturated rings. The third-order valence-electron chi connectivity index (χ3n) is 2.52. The Kier molecular flexibility index (Phi) is 6.54. The molecule has 0 aliphatic carbocycles. The maximum Gasteiger partial charge on any atom is 0.305 e. The van der Waals surface area contributed by atoms with Gasteiger partial charge in [0.15, 0.2) is 0 Å². The van der Waals surface area contributed by atoms with Gasteiger partial charge < -0.3 is 10.1 Å². The number of hydrogen-bond acceptors (Lipinski definition) is 3. The maximum atomic E-state index is 10.8. The second kappa shape index (κ2) is 6.82. The van der Waals surface area contributed by atoms with Gasteiger partial charge in [-0.2, -0.15) is 0 Å². The Balaban J connectivity index is 3.34. The van der Waals surface area contributed by atoms with Gasteiger partial charge in [0, 0.05) is 13.0 Å². The number of nitrogens with one attached hydrogen (secondary N) is 1. The Morgan fingerprint density at radius 1 is 1.43 bits per heavy atom. The smallest absolute Gasteiger partial charge is 0.305 e. The number of ether oxygens (including phenoxy) is 1. The molecule has 0 aromatic carbocycles. The van der Waals surface area contributed by atoms with Crippen molar-refractivity contribution in [3.05, 3.63) is 0 Å². The van der Waals surface area contributed by atoms with Crippen LogP contribution in [0.2, 0.25) is 0 Å². The van der Waals surface area contributed by atoms with Crippen LogP contribution in [0.1, 0.15) is 40.0 Å². The van der Waals surface area contributed by atoms with Crippen molar-refractivity contribution in [2.75, 3.05) is 20.2 Å². The predicted octanol–water partition coefficient (Wildman–Crippen LogP) is 1.97. The minimum Gasteiger partial charge on any atom is -0.469 e. The average molecular weight is 201 g/mol. The van der Waals surface area contributed by atoms with Gasteiger partial charge in [-0.15, -0.1) is 0 Å². The number of carbonyl (C=O) groups is 1. The molecule has 3 heteroatoms. The van der Waals surface area contributed by atoms with Gasteiger partial charge in [0.05, 0.1) is 7.11 Å². The fourth-order valence-electron chi connectivity index (χ4n) is 1.01. The van der Waals surface area contributed by atoms with Gasteiger partial charge in [-0.05, 0) is 24.8 Å². The number of methoxy groups -OCH3 is 1. The van der Waals surface area contributed by atoms with E-state index in [1.165, 1.54) is 7.11 Å². The van der Waals surface area contributed by atoms with E-state index >= 15 is 0 Å². The van der Waals surface area contributed by atoms with Crippen LogP contribution in [-0.4, -0.2) is 26.2 Å². The van der Waals surface area contributed by atoms with E-state index in [-0.39, 0.29) is 5.97 Å². The van der Waals surface area contributed by atoms with Crippen LogP contribution in [0.3, 0.4) is 0 Å². The third-order valence-corrected chi connectivity index (χ3v) is 2.52. The Morgan fingerprint density at radius 2 is 2.07 bits per heavy atom. The zero-order valence-corrected chi connectivity index (χ0v) is 9.85. The van der Waals surface area contributed by atoms with E-state index in [0.717, 1.165) is 25.9 Å². The van der Waals surface area contributed by atoms with Gasteiger partial charge in [-0.3, -0.25) is 4.79 Å². The van der Waals surface area contributed by atoms with Crippen LogP contribution in [-0.2, 0) is 9.53 Å². The summed E-state index contributed by atoms with van der Waals surface area (Å²) in [6, 6.07) is 0. The summed E-state index contributed by atoms with van der Waals surface area (Å²) >= 11 is 0. The summed E-state index contributed by atoms with van der Waals surface area (Å²) in [7, 11) is 1.43. The van der Waals surface area contributed by atoms with Crippen LogP contribution in [0.5, 0.6) is 0 Å². The van der Waals surface area contributed by atoms with Gasteiger partial charge >= 0.3 is 5.97 Å².